The lowest BCUT2D eigenvalue weighted by molar-refractivity contribution is -0.0904. The van der Waals surface area contributed by atoms with Crippen molar-refractivity contribution in [3.63, 3.8) is 0 Å². The second kappa shape index (κ2) is 7.40. The van der Waals surface area contributed by atoms with Crippen LogP contribution in [0.15, 0.2) is 34.4 Å². The van der Waals surface area contributed by atoms with Gasteiger partial charge in [-0.1, -0.05) is 51.0 Å². The van der Waals surface area contributed by atoms with Gasteiger partial charge in [-0.05, 0) is 117 Å². The summed E-state index contributed by atoms with van der Waals surface area (Å²) >= 11 is 0. The maximum atomic E-state index is 10.7. The van der Waals surface area contributed by atoms with Crippen molar-refractivity contribution >= 4 is 0 Å². The SMILES string of the molecule is CC(C)=CCCC[C@H]1CC=C2C3=C(CCC21C)[C@@]1(C)CCC(O)C(C)(C)C1CC3. The molecule has 0 bridgehead atoms. The first-order valence-corrected chi connectivity index (χ1v) is 12.4. The second-order valence-electron chi connectivity index (χ2n) is 12.0. The molecule has 1 nitrogen and oxygen atoms in total. The molecule has 0 aliphatic heterocycles. The van der Waals surface area contributed by atoms with Crippen LogP contribution in [0.5, 0.6) is 0 Å². The Hall–Kier alpha value is -0.820. The number of hydrogen-bond donors (Lipinski definition) is 1. The number of allylic oxidation sites excluding steroid dienone is 6. The molecule has 0 saturated heterocycles. The molecule has 3 unspecified atom stereocenters. The Balaban J connectivity index is 1.57. The van der Waals surface area contributed by atoms with Crippen LogP contribution in [0.25, 0.3) is 0 Å². The van der Waals surface area contributed by atoms with Gasteiger partial charge in [-0.25, -0.2) is 0 Å². The normalized spacial score (nSPS) is 40.7. The Labute approximate surface area is 179 Å². The van der Waals surface area contributed by atoms with Crippen LogP contribution >= 0.6 is 0 Å². The first-order valence-electron chi connectivity index (χ1n) is 12.4. The van der Waals surface area contributed by atoms with Gasteiger partial charge < -0.3 is 5.11 Å². The zero-order valence-corrected chi connectivity index (χ0v) is 19.9. The summed E-state index contributed by atoms with van der Waals surface area (Å²) < 4.78 is 0. The van der Waals surface area contributed by atoms with Crippen molar-refractivity contribution in [3.8, 4) is 0 Å². The lowest BCUT2D eigenvalue weighted by Crippen LogP contribution is -2.53. The molecular formula is C28H44O. The van der Waals surface area contributed by atoms with E-state index in [1.165, 1.54) is 63.4 Å². The molecule has 4 rings (SSSR count). The lowest BCUT2D eigenvalue weighted by atomic mass is 9.46. The van der Waals surface area contributed by atoms with Gasteiger partial charge in [0.1, 0.15) is 0 Å². The maximum Gasteiger partial charge on any atom is 0.0594 e. The minimum absolute atomic E-state index is 0.0454. The Morgan fingerprint density at radius 2 is 1.83 bits per heavy atom. The maximum absolute atomic E-state index is 10.7. The summed E-state index contributed by atoms with van der Waals surface area (Å²) in [6.07, 6.45) is 17.5. The van der Waals surface area contributed by atoms with Crippen LogP contribution in [-0.4, -0.2) is 11.2 Å². The third kappa shape index (κ3) is 3.31. The van der Waals surface area contributed by atoms with Crippen molar-refractivity contribution in [1.82, 2.24) is 0 Å². The Bertz CT molecular complexity index is 746. The van der Waals surface area contributed by atoms with Crippen LogP contribution < -0.4 is 0 Å². The molecule has 1 heteroatoms. The fourth-order valence-corrected chi connectivity index (χ4v) is 7.96. The molecule has 0 aromatic rings. The monoisotopic (exact) mass is 396 g/mol. The van der Waals surface area contributed by atoms with E-state index < -0.39 is 0 Å². The molecule has 162 valence electrons. The fraction of sp³-hybridized carbons (Fsp3) is 0.786. The zero-order chi connectivity index (χ0) is 21.0. The number of fused-ring (bicyclic) bond motifs is 4. The van der Waals surface area contributed by atoms with Gasteiger partial charge in [0.2, 0.25) is 0 Å². The Morgan fingerprint density at radius 3 is 2.55 bits per heavy atom. The van der Waals surface area contributed by atoms with Crippen molar-refractivity contribution < 1.29 is 5.11 Å². The van der Waals surface area contributed by atoms with Crippen LogP contribution in [0.2, 0.25) is 0 Å². The van der Waals surface area contributed by atoms with Crippen LogP contribution in [-0.2, 0) is 0 Å². The van der Waals surface area contributed by atoms with Crippen molar-refractivity contribution in [3.05, 3.63) is 34.4 Å². The molecule has 5 atom stereocenters. The molecule has 0 spiro atoms. The Kier molecular flexibility index (Phi) is 5.46. The summed E-state index contributed by atoms with van der Waals surface area (Å²) in [5.41, 5.74) is 7.52. The highest BCUT2D eigenvalue weighted by Crippen LogP contribution is 2.66. The van der Waals surface area contributed by atoms with Crippen molar-refractivity contribution in [2.24, 2.45) is 28.1 Å². The summed E-state index contributed by atoms with van der Waals surface area (Å²) in [6.45, 7) is 14.2. The van der Waals surface area contributed by atoms with Gasteiger partial charge in [-0.3, -0.25) is 0 Å². The topological polar surface area (TPSA) is 20.2 Å². The van der Waals surface area contributed by atoms with Crippen LogP contribution in [0.4, 0.5) is 0 Å². The van der Waals surface area contributed by atoms with Crippen LogP contribution in [0.1, 0.15) is 106 Å². The van der Waals surface area contributed by atoms with E-state index in [0.717, 1.165) is 12.3 Å². The van der Waals surface area contributed by atoms with Gasteiger partial charge in [-0.15, -0.1) is 0 Å². The molecular weight excluding hydrogens is 352 g/mol. The first-order chi connectivity index (χ1) is 13.6. The highest BCUT2D eigenvalue weighted by atomic mass is 16.3. The number of rotatable bonds is 4. The molecule has 4 aliphatic carbocycles. The highest BCUT2D eigenvalue weighted by Gasteiger charge is 2.56. The average molecular weight is 397 g/mol. The molecule has 0 aromatic carbocycles. The first kappa shape index (κ1) is 21.4. The van der Waals surface area contributed by atoms with Crippen LogP contribution in [0.3, 0.4) is 0 Å². The predicted octanol–water partition coefficient (Wildman–Crippen LogP) is 7.76. The average Bonchev–Trinajstić information content (AvgIpc) is 2.99. The third-order valence-corrected chi connectivity index (χ3v) is 9.85. The van der Waals surface area contributed by atoms with E-state index in [9.17, 15) is 5.11 Å². The lowest BCUT2D eigenvalue weighted by Gasteiger charge is -2.59. The number of aliphatic hydroxyl groups is 1. The molecule has 4 aliphatic rings. The second-order valence-corrected chi connectivity index (χ2v) is 12.0. The molecule has 1 saturated carbocycles. The molecule has 1 N–H and O–H groups in total. The van der Waals surface area contributed by atoms with E-state index in [1.54, 1.807) is 16.7 Å². The number of aliphatic hydroxyl groups excluding tert-OH is 1. The summed E-state index contributed by atoms with van der Waals surface area (Å²) in [5.74, 6) is 1.47. The molecule has 29 heavy (non-hydrogen) atoms. The van der Waals surface area contributed by atoms with Gasteiger partial charge in [0.15, 0.2) is 0 Å². The predicted molar refractivity (Wildman–Crippen MR) is 124 cm³/mol. The van der Waals surface area contributed by atoms with Gasteiger partial charge in [-0.2, -0.15) is 0 Å². The Morgan fingerprint density at radius 1 is 1.07 bits per heavy atom. The van der Waals surface area contributed by atoms with Gasteiger partial charge in [0, 0.05) is 0 Å². The van der Waals surface area contributed by atoms with E-state index in [-0.39, 0.29) is 11.5 Å². The molecule has 0 radical (unpaired) electrons. The molecule has 0 heterocycles. The highest BCUT2D eigenvalue weighted by molar-refractivity contribution is 5.49. The third-order valence-electron chi connectivity index (χ3n) is 9.85. The summed E-state index contributed by atoms with van der Waals surface area (Å²) in [5, 5.41) is 10.7. The quantitative estimate of drug-likeness (QED) is 0.380. The minimum Gasteiger partial charge on any atom is -0.393 e. The van der Waals surface area contributed by atoms with E-state index in [2.05, 4.69) is 53.7 Å². The number of unbranched alkanes of at least 4 members (excludes halogenated alkanes) is 1. The summed E-state index contributed by atoms with van der Waals surface area (Å²) in [6, 6.07) is 0. The largest absolute Gasteiger partial charge is 0.393 e. The molecule has 0 aromatic heterocycles. The zero-order valence-electron chi connectivity index (χ0n) is 19.9. The minimum atomic E-state index is -0.132. The summed E-state index contributed by atoms with van der Waals surface area (Å²) in [4.78, 5) is 0. The summed E-state index contributed by atoms with van der Waals surface area (Å²) in [7, 11) is 0. The van der Waals surface area contributed by atoms with E-state index in [1.807, 2.05) is 0 Å². The van der Waals surface area contributed by atoms with E-state index in [0.29, 0.717) is 16.7 Å². The smallest absolute Gasteiger partial charge is 0.0594 e. The van der Waals surface area contributed by atoms with Crippen molar-refractivity contribution in [1.29, 1.82) is 0 Å². The molecule has 1 fully saturated rings. The van der Waals surface area contributed by atoms with Gasteiger partial charge >= 0.3 is 0 Å². The van der Waals surface area contributed by atoms with Crippen molar-refractivity contribution in [2.75, 3.05) is 0 Å². The fourth-order valence-electron chi connectivity index (χ4n) is 7.96. The molecule has 0 amide bonds. The van der Waals surface area contributed by atoms with E-state index >= 15 is 0 Å². The van der Waals surface area contributed by atoms with Gasteiger partial charge in [0.05, 0.1) is 6.10 Å². The van der Waals surface area contributed by atoms with Crippen molar-refractivity contribution in [2.45, 2.75) is 112 Å². The van der Waals surface area contributed by atoms with Gasteiger partial charge in [0.25, 0.3) is 0 Å². The standard InChI is InChI=1S/C28H44O/c1-19(2)9-7-8-10-20-11-13-22-21-12-14-24-26(3,4)25(29)16-18-28(24,6)23(21)15-17-27(20,22)5/h9,13,20,24-25,29H,7-8,10-12,14-18H2,1-6H3/t20-,24?,25?,27?,28+/m0/s1. The van der Waals surface area contributed by atoms with Crippen LogP contribution in [0, 0.1) is 28.1 Å². The van der Waals surface area contributed by atoms with E-state index in [4.69, 9.17) is 0 Å². The number of hydrogen-bond acceptors (Lipinski definition) is 1.